The molecule has 4 aromatic rings. The summed E-state index contributed by atoms with van der Waals surface area (Å²) < 4.78 is 11.7. The molecule has 1 amide bonds. The van der Waals surface area contributed by atoms with Gasteiger partial charge in [0.1, 0.15) is 23.3 Å². The minimum Gasteiger partial charge on any atom is -0.495 e. The zero-order chi connectivity index (χ0) is 26.8. The van der Waals surface area contributed by atoms with Crippen molar-refractivity contribution in [1.82, 2.24) is 10.3 Å². The fraction of sp³-hybridized carbons (Fsp3) is 0.143. The number of pyridine rings is 1. The van der Waals surface area contributed by atoms with E-state index >= 15 is 0 Å². The Balaban J connectivity index is 1.62. The van der Waals surface area contributed by atoms with Gasteiger partial charge in [-0.2, -0.15) is 0 Å². The van der Waals surface area contributed by atoms with Crippen LogP contribution in [0.5, 0.6) is 5.75 Å². The number of carboxylic acid groups (broad SMARTS) is 1. The topological polar surface area (TPSA) is 117 Å². The van der Waals surface area contributed by atoms with Gasteiger partial charge in [0.05, 0.1) is 30.1 Å². The number of ether oxygens (including phenoxy) is 1. The second-order valence-corrected chi connectivity index (χ2v) is 9.00. The molecule has 192 valence electrons. The van der Waals surface area contributed by atoms with Gasteiger partial charge < -0.3 is 29.8 Å². The van der Waals surface area contributed by atoms with E-state index in [0.717, 1.165) is 5.69 Å². The summed E-state index contributed by atoms with van der Waals surface area (Å²) in [7, 11) is 1.53. The highest BCUT2D eigenvalue weighted by Gasteiger charge is 2.43. The molecule has 2 aromatic heterocycles. The highest BCUT2D eigenvalue weighted by Crippen LogP contribution is 2.44. The van der Waals surface area contributed by atoms with Gasteiger partial charge in [-0.25, -0.2) is 4.79 Å². The maximum absolute atomic E-state index is 11.8. The first-order chi connectivity index (χ1) is 18.4. The van der Waals surface area contributed by atoms with Crippen molar-refractivity contribution in [2.24, 2.45) is 0 Å². The zero-order valence-corrected chi connectivity index (χ0v) is 21.4. The van der Waals surface area contributed by atoms with Gasteiger partial charge in [0.15, 0.2) is 5.11 Å². The molecule has 3 N–H and O–H groups in total. The number of furan rings is 1. The number of carbonyl (C=O) groups excluding carboxylic acids is 1. The van der Waals surface area contributed by atoms with Gasteiger partial charge in [-0.15, -0.1) is 0 Å². The van der Waals surface area contributed by atoms with E-state index in [2.05, 4.69) is 15.6 Å². The monoisotopic (exact) mass is 528 g/mol. The summed E-state index contributed by atoms with van der Waals surface area (Å²) >= 11 is 5.77. The molecule has 0 saturated carbocycles. The quantitative estimate of drug-likeness (QED) is 0.279. The molecule has 1 aliphatic rings. The van der Waals surface area contributed by atoms with Crippen molar-refractivity contribution >= 4 is 40.6 Å². The Hall–Kier alpha value is -4.70. The predicted octanol–water partition coefficient (Wildman–Crippen LogP) is 5.18. The fourth-order valence-corrected chi connectivity index (χ4v) is 4.94. The average Bonchev–Trinajstić information content (AvgIpc) is 3.53. The van der Waals surface area contributed by atoms with E-state index in [1.165, 1.54) is 20.1 Å². The standard InChI is InChI=1S/C28H24N4O5S/c1-16(33)30-21-15-17(10-11-23(21)36-2)32-26(25(31-28(32)38)20-9-5-6-14-29-20)24-13-12-22(37-24)18-7-3-4-8-19(18)27(34)35/h3-15,25-26H,1-2H3,(H,30,33)(H,31,38)(H,34,35)/t25-,26+/m1/s1. The number of hydrogen-bond acceptors (Lipinski definition) is 6. The van der Waals surface area contributed by atoms with E-state index in [1.54, 1.807) is 42.6 Å². The summed E-state index contributed by atoms with van der Waals surface area (Å²) in [6.07, 6.45) is 1.71. The normalized spacial score (nSPS) is 16.7. The molecule has 0 aliphatic carbocycles. The Labute approximate surface area is 224 Å². The largest absolute Gasteiger partial charge is 0.495 e. The van der Waals surface area contributed by atoms with Crippen LogP contribution in [0.25, 0.3) is 11.3 Å². The summed E-state index contributed by atoms with van der Waals surface area (Å²) in [5.74, 6) is 0.201. The number of anilines is 2. The SMILES string of the molecule is COc1ccc(N2C(=S)N[C@H](c3ccccn3)[C@@H]2c2ccc(-c3ccccc3C(=O)O)o2)cc1NC(C)=O. The van der Waals surface area contributed by atoms with Crippen molar-refractivity contribution in [3.63, 3.8) is 0 Å². The van der Waals surface area contributed by atoms with Crippen molar-refractivity contribution in [3.05, 3.63) is 96.0 Å². The second kappa shape index (κ2) is 10.3. The van der Waals surface area contributed by atoms with Gasteiger partial charge in [-0.1, -0.05) is 24.3 Å². The number of amides is 1. The lowest BCUT2D eigenvalue weighted by molar-refractivity contribution is -0.114. The van der Waals surface area contributed by atoms with Gasteiger partial charge in [0.2, 0.25) is 5.91 Å². The van der Waals surface area contributed by atoms with E-state index in [9.17, 15) is 14.7 Å². The van der Waals surface area contributed by atoms with Crippen LogP contribution in [-0.4, -0.2) is 34.2 Å². The number of benzene rings is 2. The van der Waals surface area contributed by atoms with Crippen molar-refractivity contribution < 1.29 is 23.8 Å². The smallest absolute Gasteiger partial charge is 0.336 e. The number of carbonyl (C=O) groups is 2. The number of nitrogens with zero attached hydrogens (tertiary/aromatic N) is 2. The van der Waals surface area contributed by atoms with Crippen LogP contribution in [0.4, 0.5) is 11.4 Å². The highest BCUT2D eigenvalue weighted by atomic mass is 32.1. The lowest BCUT2D eigenvalue weighted by atomic mass is 10.0. The van der Waals surface area contributed by atoms with E-state index < -0.39 is 12.0 Å². The van der Waals surface area contributed by atoms with E-state index in [0.29, 0.717) is 39.3 Å². The molecule has 1 saturated heterocycles. The van der Waals surface area contributed by atoms with Crippen LogP contribution in [0.15, 0.2) is 83.4 Å². The van der Waals surface area contributed by atoms with Gasteiger partial charge in [0.25, 0.3) is 0 Å². The molecule has 3 heterocycles. The Morgan fingerprint density at radius 1 is 1.11 bits per heavy atom. The van der Waals surface area contributed by atoms with Crippen molar-refractivity contribution in [2.45, 2.75) is 19.0 Å². The average molecular weight is 529 g/mol. The minimum absolute atomic E-state index is 0.140. The summed E-state index contributed by atoms with van der Waals surface area (Å²) in [4.78, 5) is 30.1. The summed E-state index contributed by atoms with van der Waals surface area (Å²) in [6, 6.07) is 20.4. The van der Waals surface area contributed by atoms with E-state index in [1.807, 2.05) is 35.2 Å². The molecule has 0 radical (unpaired) electrons. The lowest BCUT2D eigenvalue weighted by Gasteiger charge is -2.27. The molecule has 38 heavy (non-hydrogen) atoms. The Bertz CT molecular complexity index is 1520. The number of thiocarbonyl (C=S) groups is 1. The van der Waals surface area contributed by atoms with Crippen molar-refractivity contribution in [2.75, 3.05) is 17.3 Å². The van der Waals surface area contributed by atoms with Crippen LogP contribution in [0.1, 0.15) is 40.8 Å². The third-order valence-corrected chi connectivity index (χ3v) is 6.53. The number of carboxylic acids is 1. The maximum Gasteiger partial charge on any atom is 0.336 e. The highest BCUT2D eigenvalue weighted by molar-refractivity contribution is 7.80. The van der Waals surface area contributed by atoms with Gasteiger partial charge >= 0.3 is 5.97 Å². The number of nitrogens with one attached hydrogen (secondary N) is 2. The first-order valence-electron chi connectivity index (χ1n) is 11.8. The molecule has 0 bridgehead atoms. The molecular formula is C28H24N4O5S. The van der Waals surface area contributed by atoms with Crippen LogP contribution in [0.2, 0.25) is 0 Å². The van der Waals surface area contributed by atoms with E-state index in [-0.39, 0.29) is 17.5 Å². The van der Waals surface area contributed by atoms with Gasteiger partial charge in [-0.05, 0) is 60.7 Å². The van der Waals surface area contributed by atoms with Crippen molar-refractivity contribution in [1.29, 1.82) is 0 Å². The molecular weight excluding hydrogens is 504 g/mol. The van der Waals surface area contributed by atoms with Gasteiger partial charge in [0, 0.05) is 24.4 Å². The maximum atomic E-state index is 11.8. The second-order valence-electron chi connectivity index (χ2n) is 8.62. The van der Waals surface area contributed by atoms with Crippen LogP contribution in [0, 0.1) is 0 Å². The molecule has 2 atom stereocenters. The number of methoxy groups -OCH3 is 1. The van der Waals surface area contributed by atoms with E-state index in [4.69, 9.17) is 21.4 Å². The predicted molar refractivity (Wildman–Crippen MR) is 146 cm³/mol. The molecule has 0 spiro atoms. The lowest BCUT2D eigenvalue weighted by Crippen LogP contribution is -2.29. The number of hydrogen-bond donors (Lipinski definition) is 3. The molecule has 1 aliphatic heterocycles. The van der Waals surface area contributed by atoms with Crippen molar-refractivity contribution in [3.8, 4) is 17.1 Å². The van der Waals surface area contributed by atoms with Crippen LogP contribution in [0.3, 0.4) is 0 Å². The molecule has 9 nitrogen and oxygen atoms in total. The minimum atomic E-state index is -1.04. The van der Waals surface area contributed by atoms with Crippen LogP contribution >= 0.6 is 12.2 Å². The zero-order valence-electron chi connectivity index (χ0n) is 20.5. The molecule has 2 aromatic carbocycles. The third kappa shape index (κ3) is 4.69. The van der Waals surface area contributed by atoms with Crippen LogP contribution < -0.4 is 20.3 Å². The summed E-state index contributed by atoms with van der Waals surface area (Å²) in [5.41, 5.74) is 2.55. The Kier molecular flexibility index (Phi) is 6.80. The van der Waals surface area contributed by atoms with Crippen LogP contribution in [-0.2, 0) is 4.79 Å². The summed E-state index contributed by atoms with van der Waals surface area (Å²) in [6.45, 7) is 1.42. The summed E-state index contributed by atoms with van der Waals surface area (Å²) in [5, 5.41) is 16.3. The molecule has 5 rings (SSSR count). The molecule has 1 fully saturated rings. The first kappa shape index (κ1) is 25.0. The third-order valence-electron chi connectivity index (χ3n) is 6.21. The molecule has 0 unspecified atom stereocenters. The number of aromatic nitrogens is 1. The Morgan fingerprint density at radius 2 is 1.89 bits per heavy atom. The molecule has 10 heteroatoms. The number of aromatic carboxylic acids is 1. The fourth-order valence-electron chi connectivity index (χ4n) is 4.60. The number of rotatable bonds is 7. The first-order valence-corrected chi connectivity index (χ1v) is 12.2. The Morgan fingerprint density at radius 3 is 2.61 bits per heavy atom. The van der Waals surface area contributed by atoms with Gasteiger partial charge in [-0.3, -0.25) is 9.78 Å².